The van der Waals surface area contributed by atoms with Crippen LogP contribution >= 0.6 is 0 Å². The van der Waals surface area contributed by atoms with Crippen molar-refractivity contribution in [2.75, 3.05) is 0 Å². The molecule has 0 heterocycles. The van der Waals surface area contributed by atoms with Gasteiger partial charge in [0.2, 0.25) is 0 Å². The average Bonchev–Trinajstić information content (AvgIpc) is 2.07. The minimum Gasteiger partial charge on any atom is -0.488 e. The lowest BCUT2D eigenvalue weighted by atomic mass is 9.86. The highest BCUT2D eigenvalue weighted by molar-refractivity contribution is 5.36. The van der Waals surface area contributed by atoms with Crippen LogP contribution in [0.15, 0.2) is 12.1 Å². The zero-order chi connectivity index (χ0) is 12.5. The van der Waals surface area contributed by atoms with Gasteiger partial charge in [0, 0.05) is 5.56 Å². The minimum atomic E-state index is -0.596. The topological polar surface area (TPSA) is 9.23 Å². The summed E-state index contributed by atoms with van der Waals surface area (Å²) in [5, 5.41) is 0. The zero-order valence-electron chi connectivity index (χ0n) is 10.4. The zero-order valence-corrected chi connectivity index (χ0v) is 10.4. The van der Waals surface area contributed by atoms with Gasteiger partial charge in [0.25, 0.3) is 0 Å². The van der Waals surface area contributed by atoms with E-state index >= 15 is 0 Å². The fraction of sp³-hybridized carbons (Fsp3) is 0.538. The number of hydrogen-bond donors (Lipinski definition) is 0. The van der Waals surface area contributed by atoms with E-state index in [1.165, 1.54) is 12.1 Å². The van der Waals surface area contributed by atoms with Gasteiger partial charge in [-0.25, -0.2) is 8.78 Å². The molecule has 0 saturated carbocycles. The van der Waals surface area contributed by atoms with Gasteiger partial charge in [-0.3, -0.25) is 0 Å². The van der Waals surface area contributed by atoms with Gasteiger partial charge in [-0.1, -0.05) is 20.8 Å². The van der Waals surface area contributed by atoms with Gasteiger partial charge in [0.1, 0.15) is 5.82 Å². The number of rotatable bonds is 2. The lowest BCUT2D eigenvalue weighted by Gasteiger charge is -2.22. The first-order valence-electron chi connectivity index (χ1n) is 5.38. The Balaban J connectivity index is 3.28. The molecule has 16 heavy (non-hydrogen) atoms. The van der Waals surface area contributed by atoms with Crippen LogP contribution in [0.5, 0.6) is 5.75 Å². The van der Waals surface area contributed by atoms with E-state index in [0.717, 1.165) is 0 Å². The van der Waals surface area contributed by atoms with Gasteiger partial charge in [0.15, 0.2) is 11.6 Å². The van der Waals surface area contributed by atoms with Crippen LogP contribution in [0, 0.1) is 11.6 Å². The first-order chi connectivity index (χ1) is 7.23. The van der Waals surface area contributed by atoms with Gasteiger partial charge in [0.05, 0.1) is 6.10 Å². The van der Waals surface area contributed by atoms with Crippen LogP contribution in [0.1, 0.15) is 40.2 Å². The van der Waals surface area contributed by atoms with E-state index in [0.29, 0.717) is 0 Å². The van der Waals surface area contributed by atoms with Crippen molar-refractivity contribution in [1.82, 2.24) is 0 Å². The molecule has 0 amide bonds. The second-order valence-electron chi connectivity index (χ2n) is 5.15. The predicted octanol–water partition coefficient (Wildman–Crippen LogP) is 4.05. The Morgan fingerprint density at radius 1 is 1.12 bits per heavy atom. The summed E-state index contributed by atoms with van der Waals surface area (Å²) in [5.74, 6) is -1.01. The summed E-state index contributed by atoms with van der Waals surface area (Å²) in [6.45, 7) is 8.92. The van der Waals surface area contributed by atoms with E-state index in [1.807, 2.05) is 0 Å². The van der Waals surface area contributed by atoms with Crippen LogP contribution in [-0.4, -0.2) is 6.10 Å². The van der Waals surface area contributed by atoms with Gasteiger partial charge < -0.3 is 4.74 Å². The minimum absolute atomic E-state index is 0.0747. The van der Waals surface area contributed by atoms with E-state index in [-0.39, 0.29) is 17.4 Å². The first-order valence-corrected chi connectivity index (χ1v) is 5.38. The summed E-state index contributed by atoms with van der Waals surface area (Å²) in [6, 6.07) is 2.58. The van der Waals surface area contributed by atoms with Crippen molar-refractivity contribution in [3.63, 3.8) is 0 Å². The lowest BCUT2D eigenvalue weighted by Crippen LogP contribution is -2.18. The van der Waals surface area contributed by atoms with Crippen molar-refractivity contribution >= 4 is 0 Å². The number of hydrogen-bond acceptors (Lipinski definition) is 1. The Hall–Kier alpha value is -1.12. The van der Waals surface area contributed by atoms with E-state index < -0.39 is 17.0 Å². The van der Waals surface area contributed by atoms with Crippen molar-refractivity contribution in [2.24, 2.45) is 0 Å². The quantitative estimate of drug-likeness (QED) is 0.742. The molecular weight excluding hydrogens is 210 g/mol. The maximum absolute atomic E-state index is 14.0. The highest BCUT2D eigenvalue weighted by Gasteiger charge is 2.25. The largest absolute Gasteiger partial charge is 0.488 e. The smallest absolute Gasteiger partial charge is 0.171 e. The third-order valence-electron chi connectivity index (χ3n) is 2.17. The Bertz CT molecular complexity index is 378. The monoisotopic (exact) mass is 228 g/mol. The van der Waals surface area contributed by atoms with Crippen LogP contribution in [0.25, 0.3) is 0 Å². The van der Waals surface area contributed by atoms with Crippen molar-refractivity contribution < 1.29 is 13.5 Å². The fourth-order valence-corrected chi connectivity index (χ4v) is 1.57. The molecule has 0 fully saturated rings. The van der Waals surface area contributed by atoms with Gasteiger partial charge >= 0.3 is 0 Å². The molecule has 0 aliphatic rings. The molecule has 0 unspecified atom stereocenters. The normalized spacial score (nSPS) is 12.0. The molecule has 0 spiro atoms. The third kappa shape index (κ3) is 2.71. The second kappa shape index (κ2) is 4.40. The number of benzene rings is 1. The molecular formula is C13H18F2O. The van der Waals surface area contributed by atoms with Crippen molar-refractivity contribution in [3.8, 4) is 5.75 Å². The van der Waals surface area contributed by atoms with Gasteiger partial charge in [-0.05, 0) is 31.4 Å². The van der Waals surface area contributed by atoms with Gasteiger partial charge in [-0.2, -0.15) is 0 Å². The van der Waals surface area contributed by atoms with Crippen LogP contribution < -0.4 is 4.74 Å². The molecule has 0 bridgehead atoms. The number of ether oxygens (including phenoxy) is 1. The molecule has 1 aromatic rings. The van der Waals surface area contributed by atoms with E-state index in [4.69, 9.17) is 4.74 Å². The maximum Gasteiger partial charge on any atom is 0.171 e. The molecule has 1 nitrogen and oxygen atoms in total. The predicted molar refractivity (Wildman–Crippen MR) is 60.8 cm³/mol. The van der Waals surface area contributed by atoms with Crippen molar-refractivity contribution in [1.29, 1.82) is 0 Å². The lowest BCUT2D eigenvalue weighted by molar-refractivity contribution is 0.228. The molecule has 0 aromatic heterocycles. The summed E-state index contributed by atoms with van der Waals surface area (Å²) in [6.07, 6.45) is -0.132. The van der Waals surface area contributed by atoms with Crippen LogP contribution in [-0.2, 0) is 5.41 Å². The molecule has 90 valence electrons. The summed E-state index contributed by atoms with van der Waals surface area (Å²) < 4.78 is 32.9. The molecule has 0 aliphatic heterocycles. The first kappa shape index (κ1) is 12.9. The highest BCUT2D eigenvalue weighted by Crippen LogP contribution is 2.32. The molecule has 0 atom stereocenters. The standard InChI is InChI=1S/C13H18F2O/c1-8(2)16-10-7-6-9(14)11(12(10)15)13(3,4)5/h6-8H,1-5H3. The summed E-state index contributed by atoms with van der Waals surface area (Å²) in [4.78, 5) is 0. The van der Waals surface area contributed by atoms with E-state index in [1.54, 1.807) is 34.6 Å². The van der Waals surface area contributed by atoms with Gasteiger partial charge in [-0.15, -0.1) is 0 Å². The molecule has 0 radical (unpaired) electrons. The van der Waals surface area contributed by atoms with E-state index in [9.17, 15) is 8.78 Å². The fourth-order valence-electron chi connectivity index (χ4n) is 1.57. The van der Waals surface area contributed by atoms with Crippen LogP contribution in [0.2, 0.25) is 0 Å². The average molecular weight is 228 g/mol. The Morgan fingerprint density at radius 2 is 1.69 bits per heavy atom. The Kier molecular flexibility index (Phi) is 3.56. The molecule has 1 rings (SSSR count). The number of halogens is 2. The molecule has 0 N–H and O–H groups in total. The highest BCUT2D eigenvalue weighted by atomic mass is 19.1. The van der Waals surface area contributed by atoms with Crippen LogP contribution in [0.4, 0.5) is 8.78 Å². The molecule has 3 heteroatoms. The Labute approximate surface area is 95.4 Å². The Morgan fingerprint density at radius 3 is 2.12 bits per heavy atom. The SMILES string of the molecule is CC(C)Oc1ccc(F)c(C(C)(C)C)c1F. The molecule has 0 saturated heterocycles. The summed E-state index contributed by atoms with van der Waals surface area (Å²) in [5.41, 5.74) is -0.504. The molecule has 0 aliphatic carbocycles. The second-order valence-corrected chi connectivity index (χ2v) is 5.15. The molecule has 1 aromatic carbocycles. The maximum atomic E-state index is 14.0. The summed E-state index contributed by atoms with van der Waals surface area (Å²) in [7, 11) is 0. The summed E-state index contributed by atoms with van der Waals surface area (Å²) >= 11 is 0. The van der Waals surface area contributed by atoms with Crippen molar-refractivity contribution in [3.05, 3.63) is 29.3 Å². The van der Waals surface area contributed by atoms with E-state index in [2.05, 4.69) is 0 Å². The van der Waals surface area contributed by atoms with Crippen LogP contribution in [0.3, 0.4) is 0 Å². The van der Waals surface area contributed by atoms with Crippen molar-refractivity contribution in [2.45, 2.75) is 46.1 Å². The third-order valence-corrected chi connectivity index (χ3v) is 2.17.